The number of nitrogens with one attached hydrogen (secondary N) is 1. The van der Waals surface area contributed by atoms with Crippen LogP contribution in [0.15, 0.2) is 52.9 Å². The van der Waals surface area contributed by atoms with Crippen molar-refractivity contribution in [1.29, 1.82) is 0 Å². The molecule has 0 bridgehead atoms. The molecule has 0 aliphatic rings. The third kappa shape index (κ3) is 4.59. The fourth-order valence-corrected chi connectivity index (χ4v) is 3.25. The Hall–Kier alpha value is -2.86. The number of aliphatic carboxylic acids is 1. The van der Waals surface area contributed by atoms with E-state index in [1.165, 1.54) is 0 Å². The third-order valence-electron chi connectivity index (χ3n) is 5.00. The molecule has 2 atom stereocenters. The van der Waals surface area contributed by atoms with Gasteiger partial charge in [-0.15, -0.1) is 0 Å². The van der Waals surface area contributed by atoms with Crippen LogP contribution < -0.4 is 10.1 Å². The first-order chi connectivity index (χ1) is 13.9. The lowest BCUT2D eigenvalue weighted by atomic mass is 10.0. The number of para-hydroxylation sites is 3. The largest absolute Gasteiger partial charge is 0.478 e. The molecule has 0 aliphatic carbocycles. The minimum Gasteiger partial charge on any atom is -0.478 e. The van der Waals surface area contributed by atoms with E-state index in [-0.39, 0.29) is 12.1 Å². The molecular weight excluding hydrogens is 368 g/mol. The van der Waals surface area contributed by atoms with Crippen LogP contribution >= 0.6 is 0 Å². The van der Waals surface area contributed by atoms with E-state index >= 15 is 0 Å². The van der Waals surface area contributed by atoms with Gasteiger partial charge in [0, 0.05) is 11.6 Å². The topological polar surface area (TPSA) is 84.6 Å². The van der Waals surface area contributed by atoms with Gasteiger partial charge in [0.1, 0.15) is 11.3 Å². The highest BCUT2D eigenvalue weighted by Crippen LogP contribution is 2.33. The molecule has 1 heterocycles. The van der Waals surface area contributed by atoms with E-state index in [0.29, 0.717) is 11.6 Å². The zero-order chi connectivity index (χ0) is 21.0. The first-order valence-electron chi connectivity index (χ1n) is 9.98. The van der Waals surface area contributed by atoms with Crippen LogP contribution in [0.2, 0.25) is 0 Å². The number of aromatic nitrogens is 1. The molecular formula is C23H28N2O4. The van der Waals surface area contributed by atoms with Gasteiger partial charge in [-0.25, -0.2) is 9.78 Å². The normalized spacial score (nSPS) is 13.9. The lowest BCUT2D eigenvalue weighted by Crippen LogP contribution is -2.38. The van der Waals surface area contributed by atoms with Gasteiger partial charge in [0.2, 0.25) is 5.89 Å². The number of fused-ring (bicyclic) bond motifs is 1. The van der Waals surface area contributed by atoms with E-state index in [2.05, 4.69) is 24.1 Å². The molecule has 3 rings (SSSR count). The summed E-state index contributed by atoms with van der Waals surface area (Å²) in [4.78, 5) is 16.1. The van der Waals surface area contributed by atoms with Crippen molar-refractivity contribution in [2.24, 2.45) is 0 Å². The quantitative estimate of drug-likeness (QED) is 0.513. The van der Waals surface area contributed by atoms with Crippen molar-refractivity contribution in [2.45, 2.75) is 58.2 Å². The summed E-state index contributed by atoms with van der Waals surface area (Å²) in [5.74, 6) is 0.203. The van der Waals surface area contributed by atoms with Gasteiger partial charge >= 0.3 is 5.97 Å². The van der Waals surface area contributed by atoms with E-state index in [0.717, 1.165) is 29.5 Å². The number of benzene rings is 2. The molecule has 0 amide bonds. The van der Waals surface area contributed by atoms with E-state index < -0.39 is 11.6 Å². The summed E-state index contributed by atoms with van der Waals surface area (Å²) in [6.45, 7) is 7.26. The third-order valence-corrected chi connectivity index (χ3v) is 5.00. The Balaban J connectivity index is 1.88. The molecule has 0 spiro atoms. The number of ether oxygens (including phenoxy) is 1. The molecule has 0 radical (unpaired) electrons. The van der Waals surface area contributed by atoms with Crippen molar-refractivity contribution in [3.8, 4) is 5.75 Å². The Kier molecular flexibility index (Phi) is 6.23. The van der Waals surface area contributed by atoms with Gasteiger partial charge in [-0.2, -0.15) is 0 Å². The second-order valence-corrected chi connectivity index (χ2v) is 7.56. The lowest BCUT2D eigenvalue weighted by molar-refractivity contribution is -0.152. The minimum absolute atomic E-state index is 0.0456. The number of carbonyl (C=O) groups is 1. The predicted molar refractivity (Wildman–Crippen MR) is 112 cm³/mol. The highest BCUT2D eigenvalue weighted by molar-refractivity contribution is 5.77. The van der Waals surface area contributed by atoms with Crippen molar-refractivity contribution in [3.63, 3.8) is 0 Å². The van der Waals surface area contributed by atoms with Crippen molar-refractivity contribution in [1.82, 2.24) is 10.3 Å². The summed E-state index contributed by atoms with van der Waals surface area (Å²) >= 11 is 0. The van der Waals surface area contributed by atoms with Crippen LogP contribution in [0.1, 0.15) is 64.1 Å². The fraction of sp³-hybridized carbons (Fsp3) is 0.391. The van der Waals surface area contributed by atoms with Gasteiger partial charge in [0.05, 0.1) is 6.04 Å². The molecule has 0 aliphatic heterocycles. The number of nitrogens with zero attached hydrogens (tertiary/aromatic N) is 1. The summed E-state index contributed by atoms with van der Waals surface area (Å²) < 4.78 is 11.8. The number of oxazole rings is 1. The molecule has 6 nitrogen and oxygen atoms in total. The molecule has 154 valence electrons. The van der Waals surface area contributed by atoms with E-state index in [4.69, 9.17) is 9.15 Å². The highest BCUT2D eigenvalue weighted by Gasteiger charge is 2.31. The van der Waals surface area contributed by atoms with Crippen LogP contribution in [0.5, 0.6) is 5.75 Å². The Morgan fingerprint density at radius 3 is 2.41 bits per heavy atom. The van der Waals surface area contributed by atoms with Crippen LogP contribution in [0.3, 0.4) is 0 Å². The van der Waals surface area contributed by atoms with Crippen LogP contribution in [-0.2, 0) is 4.79 Å². The predicted octanol–water partition coefficient (Wildman–Crippen LogP) is 5.26. The van der Waals surface area contributed by atoms with Crippen molar-refractivity contribution >= 4 is 17.1 Å². The minimum atomic E-state index is -1.32. The number of carboxylic acids is 1. The molecule has 2 aromatic carbocycles. The summed E-state index contributed by atoms with van der Waals surface area (Å²) in [6.07, 6.45) is 1.59. The van der Waals surface area contributed by atoms with Crippen LogP contribution in [0, 0.1) is 0 Å². The maximum atomic E-state index is 11.5. The zero-order valence-corrected chi connectivity index (χ0v) is 17.3. The molecule has 2 unspecified atom stereocenters. The summed E-state index contributed by atoms with van der Waals surface area (Å²) in [5, 5.41) is 13.0. The van der Waals surface area contributed by atoms with Crippen LogP contribution in [-0.4, -0.2) is 21.7 Å². The van der Waals surface area contributed by atoms with Crippen molar-refractivity contribution in [2.75, 3.05) is 0 Å². The smallest absolute Gasteiger partial charge is 0.347 e. The van der Waals surface area contributed by atoms with E-state index in [1.807, 2.05) is 48.5 Å². The average Bonchev–Trinajstić information content (AvgIpc) is 3.13. The van der Waals surface area contributed by atoms with Crippen molar-refractivity contribution < 1.29 is 19.1 Å². The Labute approximate surface area is 170 Å². The summed E-state index contributed by atoms with van der Waals surface area (Å²) in [7, 11) is 0. The lowest BCUT2D eigenvalue weighted by Gasteiger charge is -2.28. The maximum absolute atomic E-state index is 11.5. The number of rotatable bonds is 9. The van der Waals surface area contributed by atoms with Gasteiger partial charge in [-0.3, -0.25) is 5.32 Å². The molecule has 1 aromatic heterocycles. The SMILES string of the molecule is CCC(NC(CC)c1ccccc1OC(C)(C)C(=O)O)c1nc2ccccc2o1. The van der Waals surface area contributed by atoms with E-state index in [1.54, 1.807) is 13.8 Å². The molecule has 6 heteroatoms. The second-order valence-electron chi connectivity index (χ2n) is 7.56. The second kappa shape index (κ2) is 8.66. The Bertz CT molecular complexity index is 947. The molecule has 0 fully saturated rings. The van der Waals surface area contributed by atoms with Gasteiger partial charge in [-0.1, -0.05) is 44.2 Å². The average molecular weight is 396 g/mol. The number of carboxylic acid groups (broad SMARTS) is 1. The van der Waals surface area contributed by atoms with Crippen LogP contribution in [0.25, 0.3) is 11.1 Å². The standard InChI is InChI=1S/C23H28N2O4/c1-5-16(15-11-7-9-13-19(15)29-23(3,4)22(26)27)24-17(6-2)21-25-18-12-8-10-14-20(18)28-21/h7-14,16-17,24H,5-6H2,1-4H3,(H,26,27). The molecule has 2 N–H and O–H groups in total. The van der Waals surface area contributed by atoms with Crippen molar-refractivity contribution in [3.05, 3.63) is 60.0 Å². The van der Waals surface area contributed by atoms with Gasteiger partial charge < -0.3 is 14.3 Å². The fourth-order valence-electron chi connectivity index (χ4n) is 3.25. The molecule has 3 aromatic rings. The molecule has 29 heavy (non-hydrogen) atoms. The van der Waals surface area contributed by atoms with Crippen LogP contribution in [0.4, 0.5) is 0 Å². The maximum Gasteiger partial charge on any atom is 0.347 e. The van der Waals surface area contributed by atoms with E-state index in [9.17, 15) is 9.90 Å². The Morgan fingerprint density at radius 2 is 1.76 bits per heavy atom. The first-order valence-corrected chi connectivity index (χ1v) is 9.98. The highest BCUT2D eigenvalue weighted by atomic mass is 16.5. The summed E-state index contributed by atoms with van der Waals surface area (Å²) in [5.41, 5.74) is 1.20. The molecule has 0 saturated heterocycles. The monoisotopic (exact) mass is 396 g/mol. The van der Waals surface area contributed by atoms with Gasteiger partial charge in [-0.05, 0) is 44.9 Å². The first kappa shape index (κ1) is 20.9. The Morgan fingerprint density at radius 1 is 1.10 bits per heavy atom. The zero-order valence-electron chi connectivity index (χ0n) is 17.3. The number of hydrogen-bond acceptors (Lipinski definition) is 5. The van der Waals surface area contributed by atoms with Gasteiger partial charge in [0.15, 0.2) is 11.2 Å². The summed E-state index contributed by atoms with van der Waals surface area (Å²) in [6, 6.07) is 15.1. The number of hydrogen-bond donors (Lipinski definition) is 2. The van der Waals surface area contributed by atoms with Gasteiger partial charge in [0.25, 0.3) is 0 Å². The molecule has 0 saturated carbocycles.